The van der Waals surface area contributed by atoms with Crippen LogP contribution in [0.4, 0.5) is 28.9 Å². The van der Waals surface area contributed by atoms with Gasteiger partial charge in [0.2, 0.25) is 0 Å². The molecule has 0 fully saturated rings. The van der Waals surface area contributed by atoms with Crippen molar-refractivity contribution in [3.63, 3.8) is 0 Å². The third-order valence-corrected chi connectivity index (χ3v) is 2.54. The fourth-order valence-corrected chi connectivity index (χ4v) is 1.56. The number of benzene rings is 2. The highest BCUT2D eigenvalue weighted by atomic mass is 19.2. The molecule has 3 nitrogen and oxygen atoms in total. The number of nitrogens with two attached hydrogens (primary N) is 1. The van der Waals surface area contributed by atoms with Gasteiger partial charge in [-0.3, -0.25) is 4.79 Å². The third kappa shape index (κ3) is 2.56. The molecule has 0 saturated heterocycles. The van der Waals surface area contributed by atoms with Gasteiger partial charge in [-0.2, -0.15) is 0 Å². The minimum atomic E-state index is -1.29. The number of hydrogen-bond donors (Lipinski definition) is 2. The van der Waals surface area contributed by atoms with E-state index in [4.69, 9.17) is 5.73 Å². The Morgan fingerprint density at radius 2 is 1.50 bits per heavy atom. The van der Waals surface area contributed by atoms with Gasteiger partial charge in [-0.1, -0.05) is 6.07 Å². The van der Waals surface area contributed by atoms with Gasteiger partial charge in [-0.05, 0) is 18.2 Å². The molecule has 0 aromatic heterocycles. The number of amides is 1. The van der Waals surface area contributed by atoms with Crippen molar-refractivity contribution >= 4 is 17.3 Å². The van der Waals surface area contributed by atoms with Crippen molar-refractivity contribution in [3.8, 4) is 0 Å². The molecule has 0 unspecified atom stereocenters. The van der Waals surface area contributed by atoms with Crippen LogP contribution in [-0.2, 0) is 0 Å². The van der Waals surface area contributed by atoms with E-state index in [9.17, 15) is 22.4 Å². The van der Waals surface area contributed by atoms with E-state index in [2.05, 4.69) is 0 Å². The summed E-state index contributed by atoms with van der Waals surface area (Å²) in [5.74, 6) is -5.57. The summed E-state index contributed by atoms with van der Waals surface area (Å²) in [6, 6.07) is 4.16. The van der Waals surface area contributed by atoms with Crippen LogP contribution in [0, 0.1) is 23.3 Å². The first-order valence-corrected chi connectivity index (χ1v) is 5.40. The Bertz CT molecular complexity index is 668. The molecule has 0 atom stereocenters. The Hall–Kier alpha value is -2.57. The van der Waals surface area contributed by atoms with Crippen LogP contribution < -0.4 is 11.1 Å². The summed E-state index contributed by atoms with van der Waals surface area (Å²) < 4.78 is 52.6. The number of carbonyl (C=O) groups is 1. The second kappa shape index (κ2) is 5.20. The number of nitrogen functional groups attached to an aromatic ring is 1. The molecule has 2 aromatic carbocycles. The lowest BCUT2D eigenvalue weighted by atomic mass is 10.1. The topological polar surface area (TPSA) is 55.1 Å². The van der Waals surface area contributed by atoms with E-state index >= 15 is 0 Å². The van der Waals surface area contributed by atoms with Gasteiger partial charge in [0.1, 0.15) is 17.3 Å². The molecule has 1 amide bonds. The second-order valence-corrected chi connectivity index (χ2v) is 3.90. The monoisotopic (exact) mass is 284 g/mol. The summed E-state index contributed by atoms with van der Waals surface area (Å²) in [4.78, 5) is 11.8. The minimum Gasteiger partial charge on any atom is -0.398 e. The normalized spacial score (nSPS) is 10.4. The third-order valence-electron chi connectivity index (χ3n) is 2.54. The van der Waals surface area contributed by atoms with Gasteiger partial charge < -0.3 is 11.1 Å². The Balaban J connectivity index is 2.36. The number of nitrogens with one attached hydrogen (secondary N) is 1. The number of carbonyl (C=O) groups excluding carboxylic acids is 1. The van der Waals surface area contributed by atoms with E-state index in [-0.39, 0.29) is 5.69 Å². The molecular formula is C13H8F4N2O. The first-order valence-electron chi connectivity index (χ1n) is 5.40. The van der Waals surface area contributed by atoms with Crippen LogP contribution >= 0.6 is 0 Å². The van der Waals surface area contributed by atoms with Gasteiger partial charge in [0.15, 0.2) is 11.6 Å². The van der Waals surface area contributed by atoms with Crippen molar-refractivity contribution in [2.24, 2.45) is 0 Å². The molecule has 0 saturated carbocycles. The first-order chi connectivity index (χ1) is 9.40. The second-order valence-electron chi connectivity index (χ2n) is 3.90. The SMILES string of the molecule is Nc1cc(F)c(F)cc1C(=O)Nc1c(F)cccc1F. The summed E-state index contributed by atoms with van der Waals surface area (Å²) in [6.07, 6.45) is 0. The lowest BCUT2D eigenvalue weighted by Crippen LogP contribution is -2.16. The molecule has 0 bridgehead atoms. The zero-order valence-corrected chi connectivity index (χ0v) is 9.88. The average molecular weight is 284 g/mol. The highest BCUT2D eigenvalue weighted by Gasteiger charge is 2.17. The zero-order valence-electron chi connectivity index (χ0n) is 9.88. The van der Waals surface area contributed by atoms with E-state index < -0.39 is 40.4 Å². The molecule has 20 heavy (non-hydrogen) atoms. The number of rotatable bonds is 2. The standard InChI is InChI=1S/C13H8F4N2O/c14-7-2-1-3-8(15)12(7)19-13(20)6-4-9(16)10(17)5-11(6)18/h1-5H,18H2,(H,19,20). The van der Waals surface area contributed by atoms with Gasteiger partial charge in [0, 0.05) is 11.8 Å². The van der Waals surface area contributed by atoms with Crippen molar-refractivity contribution < 1.29 is 22.4 Å². The first kappa shape index (κ1) is 13.9. The maximum atomic E-state index is 13.4. The number of halogens is 4. The highest BCUT2D eigenvalue weighted by molar-refractivity contribution is 6.07. The Morgan fingerprint density at radius 1 is 0.950 bits per heavy atom. The Labute approximate surface area is 111 Å². The predicted octanol–water partition coefficient (Wildman–Crippen LogP) is 3.08. The number of hydrogen-bond acceptors (Lipinski definition) is 2. The minimum absolute atomic E-state index is 0.349. The summed E-state index contributed by atoms with van der Waals surface area (Å²) in [6.45, 7) is 0. The van der Waals surface area contributed by atoms with Crippen LogP contribution in [0.25, 0.3) is 0 Å². The molecule has 3 N–H and O–H groups in total. The van der Waals surface area contributed by atoms with Crippen molar-refractivity contribution in [3.05, 3.63) is 59.2 Å². The van der Waals surface area contributed by atoms with Gasteiger partial charge in [-0.25, -0.2) is 17.6 Å². The lowest BCUT2D eigenvalue weighted by molar-refractivity contribution is 0.102. The van der Waals surface area contributed by atoms with Gasteiger partial charge >= 0.3 is 0 Å². The van der Waals surface area contributed by atoms with Crippen LogP contribution in [-0.4, -0.2) is 5.91 Å². The van der Waals surface area contributed by atoms with Crippen molar-refractivity contribution in [1.29, 1.82) is 0 Å². The summed E-state index contributed by atoms with van der Waals surface area (Å²) in [5, 5.41) is 1.92. The van der Waals surface area contributed by atoms with Crippen LogP contribution in [0.2, 0.25) is 0 Å². The number of para-hydroxylation sites is 1. The van der Waals surface area contributed by atoms with Crippen LogP contribution in [0.3, 0.4) is 0 Å². The van der Waals surface area contributed by atoms with Crippen LogP contribution in [0.15, 0.2) is 30.3 Å². The van der Waals surface area contributed by atoms with E-state index in [1.807, 2.05) is 5.32 Å². The highest BCUT2D eigenvalue weighted by Crippen LogP contribution is 2.22. The molecule has 2 aromatic rings. The fraction of sp³-hybridized carbons (Fsp3) is 0. The Kier molecular flexibility index (Phi) is 3.60. The molecule has 0 radical (unpaired) electrons. The molecule has 0 spiro atoms. The zero-order chi connectivity index (χ0) is 14.9. The summed E-state index contributed by atoms with van der Waals surface area (Å²) in [5.41, 5.74) is 3.90. The largest absolute Gasteiger partial charge is 0.398 e. The predicted molar refractivity (Wildman–Crippen MR) is 65.1 cm³/mol. The van der Waals surface area contributed by atoms with Crippen molar-refractivity contribution in [1.82, 2.24) is 0 Å². The van der Waals surface area contributed by atoms with E-state index in [1.165, 1.54) is 0 Å². The molecule has 104 valence electrons. The van der Waals surface area contributed by atoms with E-state index in [0.29, 0.717) is 12.1 Å². The number of anilines is 2. The van der Waals surface area contributed by atoms with Gasteiger partial charge in [0.25, 0.3) is 5.91 Å². The van der Waals surface area contributed by atoms with Crippen LogP contribution in [0.5, 0.6) is 0 Å². The molecule has 0 aliphatic carbocycles. The quantitative estimate of drug-likeness (QED) is 0.657. The molecule has 0 heterocycles. The average Bonchev–Trinajstić information content (AvgIpc) is 2.38. The fourth-order valence-electron chi connectivity index (χ4n) is 1.56. The maximum absolute atomic E-state index is 13.4. The molecule has 7 heteroatoms. The van der Waals surface area contributed by atoms with E-state index in [1.54, 1.807) is 0 Å². The maximum Gasteiger partial charge on any atom is 0.258 e. The smallest absolute Gasteiger partial charge is 0.258 e. The van der Waals surface area contributed by atoms with Crippen molar-refractivity contribution in [2.75, 3.05) is 11.1 Å². The summed E-state index contributed by atoms with van der Waals surface area (Å²) >= 11 is 0. The van der Waals surface area contributed by atoms with Crippen LogP contribution in [0.1, 0.15) is 10.4 Å². The Morgan fingerprint density at radius 3 is 2.10 bits per heavy atom. The lowest BCUT2D eigenvalue weighted by Gasteiger charge is -2.09. The van der Waals surface area contributed by atoms with Gasteiger partial charge in [0.05, 0.1) is 5.56 Å². The molecule has 2 rings (SSSR count). The van der Waals surface area contributed by atoms with Gasteiger partial charge in [-0.15, -0.1) is 0 Å². The van der Waals surface area contributed by atoms with E-state index in [0.717, 1.165) is 18.2 Å². The van der Waals surface area contributed by atoms with Crippen molar-refractivity contribution in [2.45, 2.75) is 0 Å². The molecular weight excluding hydrogens is 276 g/mol. The molecule has 0 aliphatic rings. The molecule has 0 aliphatic heterocycles. The summed E-state index contributed by atoms with van der Waals surface area (Å²) in [7, 11) is 0.